The molecule has 0 saturated carbocycles. The van der Waals surface area contributed by atoms with Crippen LogP contribution in [0.2, 0.25) is 0 Å². The molecule has 1 aromatic carbocycles. The molecule has 9 heteroatoms. The van der Waals surface area contributed by atoms with E-state index in [1.54, 1.807) is 49.8 Å². The average molecular weight is 407 g/mol. The van der Waals surface area contributed by atoms with Crippen LogP contribution in [0.1, 0.15) is 26.3 Å². The van der Waals surface area contributed by atoms with E-state index in [0.29, 0.717) is 17.9 Å². The zero-order valence-corrected chi connectivity index (χ0v) is 16.9. The molecule has 0 aliphatic carbocycles. The number of carbonyl (C=O) groups excluding carboxylic acids is 1. The van der Waals surface area contributed by atoms with Gasteiger partial charge >= 0.3 is 0 Å². The first kappa shape index (κ1) is 21.8. The van der Waals surface area contributed by atoms with Crippen LogP contribution in [-0.2, 0) is 21.4 Å². The van der Waals surface area contributed by atoms with Crippen molar-refractivity contribution in [1.82, 2.24) is 14.8 Å². The van der Waals surface area contributed by atoms with Crippen molar-refractivity contribution in [2.24, 2.45) is 5.92 Å². The standard InChI is InChI=1S/C19H25N3O5S/c1-4-27-16-7-9-17(10-8-16)28(25,26)22(13-15-6-5-11-20-12-15)18(14(2)3)19(23)21-24/h5-12,14,18,24H,4,13H2,1-3H3,(H,21,23)/t18-/m1/s1. The average Bonchev–Trinajstić information content (AvgIpc) is 2.68. The summed E-state index contributed by atoms with van der Waals surface area (Å²) in [4.78, 5) is 16.3. The molecule has 0 bridgehead atoms. The molecule has 1 heterocycles. The van der Waals surface area contributed by atoms with Crippen molar-refractivity contribution < 1.29 is 23.2 Å². The van der Waals surface area contributed by atoms with Gasteiger partial charge in [-0.2, -0.15) is 4.31 Å². The first-order valence-corrected chi connectivity index (χ1v) is 10.3. The highest BCUT2D eigenvalue weighted by molar-refractivity contribution is 7.89. The fraction of sp³-hybridized carbons (Fsp3) is 0.368. The number of aromatic nitrogens is 1. The fourth-order valence-electron chi connectivity index (χ4n) is 2.85. The maximum absolute atomic E-state index is 13.4. The van der Waals surface area contributed by atoms with Gasteiger partial charge in [0.1, 0.15) is 11.8 Å². The molecule has 0 unspecified atom stereocenters. The van der Waals surface area contributed by atoms with Gasteiger partial charge in [0, 0.05) is 18.9 Å². The summed E-state index contributed by atoms with van der Waals surface area (Å²) in [6.45, 7) is 5.65. The van der Waals surface area contributed by atoms with Gasteiger partial charge < -0.3 is 4.74 Å². The number of sulfonamides is 1. The number of ether oxygens (including phenoxy) is 1. The molecule has 0 aliphatic heterocycles. The van der Waals surface area contributed by atoms with Gasteiger partial charge in [-0.1, -0.05) is 19.9 Å². The summed E-state index contributed by atoms with van der Waals surface area (Å²) in [5.74, 6) is -0.636. The van der Waals surface area contributed by atoms with E-state index in [0.717, 1.165) is 4.31 Å². The van der Waals surface area contributed by atoms with Crippen molar-refractivity contribution in [2.45, 2.75) is 38.3 Å². The lowest BCUT2D eigenvalue weighted by molar-refractivity contribution is -0.134. The first-order chi connectivity index (χ1) is 13.3. The van der Waals surface area contributed by atoms with Crippen LogP contribution in [0, 0.1) is 5.92 Å². The monoisotopic (exact) mass is 407 g/mol. The van der Waals surface area contributed by atoms with Crippen LogP contribution in [0.25, 0.3) is 0 Å². The molecule has 1 amide bonds. The minimum absolute atomic E-state index is 0.0243. The Morgan fingerprint density at radius 1 is 1.25 bits per heavy atom. The third kappa shape index (κ3) is 5.06. The van der Waals surface area contributed by atoms with E-state index in [4.69, 9.17) is 9.94 Å². The van der Waals surface area contributed by atoms with Crippen LogP contribution < -0.4 is 10.2 Å². The summed E-state index contributed by atoms with van der Waals surface area (Å²) < 4.78 is 33.2. The highest BCUT2D eigenvalue weighted by Gasteiger charge is 2.38. The maximum atomic E-state index is 13.4. The van der Waals surface area contributed by atoms with Crippen molar-refractivity contribution in [3.8, 4) is 5.75 Å². The minimum atomic E-state index is -4.05. The molecule has 2 aromatic rings. The van der Waals surface area contributed by atoms with E-state index in [2.05, 4.69) is 4.98 Å². The quantitative estimate of drug-likeness (QED) is 0.487. The largest absolute Gasteiger partial charge is 0.494 e. The molecule has 0 spiro atoms. The smallest absolute Gasteiger partial charge is 0.262 e. The van der Waals surface area contributed by atoms with Gasteiger partial charge in [0.05, 0.1) is 11.5 Å². The zero-order valence-electron chi connectivity index (χ0n) is 16.1. The van der Waals surface area contributed by atoms with Crippen molar-refractivity contribution in [1.29, 1.82) is 0 Å². The summed E-state index contributed by atoms with van der Waals surface area (Å²) in [6, 6.07) is 8.30. The molecule has 8 nitrogen and oxygen atoms in total. The second-order valence-corrected chi connectivity index (χ2v) is 8.37. The molecule has 0 saturated heterocycles. The summed E-state index contributed by atoms with van der Waals surface area (Å²) >= 11 is 0. The molecule has 2 N–H and O–H groups in total. The Kier molecular flexibility index (Phi) is 7.50. The summed E-state index contributed by atoms with van der Waals surface area (Å²) in [6.07, 6.45) is 3.12. The maximum Gasteiger partial charge on any atom is 0.262 e. The predicted molar refractivity (Wildman–Crippen MR) is 103 cm³/mol. The van der Waals surface area contributed by atoms with Crippen molar-refractivity contribution in [3.05, 3.63) is 54.4 Å². The Balaban J connectivity index is 2.50. The third-order valence-electron chi connectivity index (χ3n) is 4.12. The Morgan fingerprint density at radius 3 is 2.43 bits per heavy atom. The molecule has 0 radical (unpaired) electrons. The Labute approximate surface area is 165 Å². The van der Waals surface area contributed by atoms with E-state index < -0.39 is 22.0 Å². The molecular weight excluding hydrogens is 382 g/mol. The molecule has 2 rings (SSSR count). The van der Waals surface area contributed by atoms with Crippen LogP contribution in [0.4, 0.5) is 0 Å². The number of benzene rings is 1. The third-order valence-corrected chi connectivity index (χ3v) is 5.96. The number of pyridine rings is 1. The van der Waals surface area contributed by atoms with Crippen molar-refractivity contribution in [3.63, 3.8) is 0 Å². The lowest BCUT2D eigenvalue weighted by atomic mass is 10.0. The van der Waals surface area contributed by atoms with E-state index in [9.17, 15) is 13.2 Å². The van der Waals surface area contributed by atoms with Gasteiger partial charge in [0.15, 0.2) is 0 Å². The number of hydroxylamine groups is 1. The SMILES string of the molecule is CCOc1ccc(S(=O)(=O)N(Cc2cccnc2)[C@@H](C(=O)NO)C(C)C)cc1. The van der Waals surface area contributed by atoms with E-state index >= 15 is 0 Å². The number of hydrogen-bond donors (Lipinski definition) is 2. The number of nitrogens with one attached hydrogen (secondary N) is 1. The molecule has 152 valence electrons. The minimum Gasteiger partial charge on any atom is -0.494 e. The van der Waals surface area contributed by atoms with Gasteiger partial charge in [-0.05, 0) is 48.7 Å². The number of nitrogens with zero attached hydrogens (tertiary/aromatic N) is 2. The van der Waals surface area contributed by atoms with Crippen LogP contribution in [0.15, 0.2) is 53.7 Å². The summed E-state index contributed by atoms with van der Waals surface area (Å²) in [5, 5.41) is 9.15. The van der Waals surface area contributed by atoms with Crippen molar-refractivity contribution in [2.75, 3.05) is 6.61 Å². The topological polar surface area (TPSA) is 109 Å². The van der Waals surface area contributed by atoms with Crippen LogP contribution in [-0.4, -0.2) is 41.5 Å². The zero-order chi connectivity index (χ0) is 20.7. The normalized spacial score (nSPS) is 12.8. The van der Waals surface area contributed by atoms with E-state index in [1.807, 2.05) is 6.92 Å². The second-order valence-electron chi connectivity index (χ2n) is 6.48. The molecule has 1 aromatic heterocycles. The van der Waals surface area contributed by atoms with E-state index in [1.165, 1.54) is 18.3 Å². The van der Waals surface area contributed by atoms with Gasteiger partial charge in [-0.15, -0.1) is 0 Å². The second kappa shape index (κ2) is 9.63. The fourth-order valence-corrected chi connectivity index (χ4v) is 4.55. The molecule has 0 aliphatic rings. The van der Waals surface area contributed by atoms with Gasteiger partial charge in [-0.25, -0.2) is 13.9 Å². The van der Waals surface area contributed by atoms with Gasteiger partial charge in [-0.3, -0.25) is 15.0 Å². The lowest BCUT2D eigenvalue weighted by Gasteiger charge is -2.32. The molecule has 0 fully saturated rings. The van der Waals surface area contributed by atoms with Crippen LogP contribution in [0.5, 0.6) is 5.75 Å². The van der Waals surface area contributed by atoms with E-state index in [-0.39, 0.29) is 17.4 Å². The predicted octanol–water partition coefficient (Wildman–Crippen LogP) is 2.20. The lowest BCUT2D eigenvalue weighted by Crippen LogP contribution is -2.51. The molecular formula is C19H25N3O5S. The highest BCUT2D eigenvalue weighted by atomic mass is 32.2. The van der Waals surface area contributed by atoms with Gasteiger partial charge in [0.2, 0.25) is 10.0 Å². The Bertz CT molecular complexity index is 870. The summed E-state index contributed by atoms with van der Waals surface area (Å²) in [7, 11) is -4.05. The van der Waals surface area contributed by atoms with Crippen LogP contribution >= 0.6 is 0 Å². The number of amides is 1. The number of hydrogen-bond acceptors (Lipinski definition) is 6. The van der Waals surface area contributed by atoms with Crippen LogP contribution in [0.3, 0.4) is 0 Å². The number of carbonyl (C=O) groups is 1. The summed E-state index contributed by atoms with van der Waals surface area (Å²) in [5.41, 5.74) is 2.20. The Hall–Kier alpha value is -2.49. The molecule has 28 heavy (non-hydrogen) atoms. The highest BCUT2D eigenvalue weighted by Crippen LogP contribution is 2.26. The number of rotatable bonds is 9. The first-order valence-electron chi connectivity index (χ1n) is 8.88. The molecule has 1 atom stereocenters. The van der Waals surface area contributed by atoms with Gasteiger partial charge in [0.25, 0.3) is 5.91 Å². The Morgan fingerprint density at radius 2 is 1.93 bits per heavy atom. The van der Waals surface area contributed by atoms with Crippen molar-refractivity contribution >= 4 is 15.9 Å².